The van der Waals surface area contributed by atoms with Crippen molar-refractivity contribution in [2.45, 2.75) is 26.5 Å². The fraction of sp³-hybridized carbons (Fsp3) is 0.240. The number of esters is 1. The van der Waals surface area contributed by atoms with Crippen LogP contribution in [0.5, 0.6) is 17.2 Å². The van der Waals surface area contributed by atoms with Gasteiger partial charge in [-0.3, -0.25) is 9.36 Å². The molecule has 0 amide bonds. The molecular formula is C25H20F2N2O6S. The van der Waals surface area contributed by atoms with Crippen LogP contribution in [0.25, 0.3) is 6.08 Å². The molecule has 0 aliphatic carbocycles. The lowest BCUT2D eigenvalue weighted by Gasteiger charge is -2.24. The summed E-state index contributed by atoms with van der Waals surface area (Å²) >= 11 is 1.16. The first-order chi connectivity index (χ1) is 17.4. The fourth-order valence-corrected chi connectivity index (χ4v) is 5.13. The van der Waals surface area contributed by atoms with Crippen LogP contribution in [0.15, 0.2) is 63.5 Å². The number of hydrogen-bond acceptors (Lipinski definition) is 8. The van der Waals surface area contributed by atoms with E-state index < -0.39 is 18.6 Å². The molecule has 3 heterocycles. The first kappa shape index (κ1) is 23.7. The first-order valence-corrected chi connectivity index (χ1v) is 11.8. The average molecular weight is 515 g/mol. The monoisotopic (exact) mass is 514 g/mol. The molecule has 1 aromatic heterocycles. The molecule has 5 rings (SSSR count). The zero-order valence-electron chi connectivity index (χ0n) is 19.2. The van der Waals surface area contributed by atoms with Gasteiger partial charge in [-0.25, -0.2) is 9.79 Å². The summed E-state index contributed by atoms with van der Waals surface area (Å²) in [7, 11) is 0. The van der Waals surface area contributed by atoms with Crippen LogP contribution < -0.4 is 29.1 Å². The molecule has 2 aliphatic heterocycles. The Morgan fingerprint density at radius 3 is 2.69 bits per heavy atom. The Morgan fingerprint density at radius 1 is 1.22 bits per heavy atom. The normalized spacial score (nSPS) is 16.7. The molecule has 1 atom stereocenters. The zero-order valence-corrected chi connectivity index (χ0v) is 20.0. The van der Waals surface area contributed by atoms with Crippen LogP contribution >= 0.6 is 11.3 Å². The minimum atomic E-state index is -2.92. The van der Waals surface area contributed by atoms with Crippen LogP contribution in [0, 0.1) is 0 Å². The summed E-state index contributed by atoms with van der Waals surface area (Å²) in [5, 5.41) is 0. The summed E-state index contributed by atoms with van der Waals surface area (Å²) in [6.45, 7) is 0.732. The summed E-state index contributed by atoms with van der Waals surface area (Å²) in [5.41, 5.74) is 1.59. The molecule has 0 N–H and O–H groups in total. The van der Waals surface area contributed by atoms with E-state index in [0.717, 1.165) is 11.3 Å². The highest BCUT2D eigenvalue weighted by Gasteiger charge is 2.34. The second-order valence-corrected chi connectivity index (χ2v) is 8.87. The summed E-state index contributed by atoms with van der Waals surface area (Å²) in [6.07, 6.45) is 1.63. The molecule has 0 fully saturated rings. The van der Waals surface area contributed by atoms with E-state index in [-0.39, 0.29) is 30.3 Å². The van der Waals surface area contributed by atoms with Crippen molar-refractivity contribution in [3.8, 4) is 17.2 Å². The number of benzene rings is 2. The van der Waals surface area contributed by atoms with Crippen molar-refractivity contribution in [2.75, 3.05) is 13.4 Å². The number of thiazole rings is 1. The van der Waals surface area contributed by atoms with Crippen molar-refractivity contribution in [1.29, 1.82) is 0 Å². The van der Waals surface area contributed by atoms with E-state index in [1.54, 1.807) is 50.3 Å². The standard InChI is InChI=1S/C25H20F2N2O6S/c1-3-32-23(31)20-13(2)28-25-29(21(20)15-6-9-17-18(11-15)34-12-33-17)22(30)19(36-25)10-14-4-7-16(8-5-14)35-24(26)27/h4-11,21,24H,3,12H2,1-2H3/b19-10+/t21-/m1/s1. The molecule has 0 saturated heterocycles. The van der Waals surface area contributed by atoms with Gasteiger partial charge in [-0.05, 0) is 55.3 Å². The lowest BCUT2D eigenvalue weighted by atomic mass is 9.95. The SMILES string of the molecule is CCOC(=O)C1=C(C)N=c2s/c(=C/c3ccc(OC(F)F)cc3)c(=O)n2[C@@H]1c1ccc2c(c1)OCO2. The number of ether oxygens (including phenoxy) is 4. The molecular weight excluding hydrogens is 494 g/mol. The predicted molar refractivity (Wildman–Crippen MR) is 126 cm³/mol. The minimum Gasteiger partial charge on any atom is -0.463 e. The Kier molecular flexibility index (Phi) is 6.31. The van der Waals surface area contributed by atoms with Crippen molar-refractivity contribution in [1.82, 2.24) is 4.57 Å². The highest BCUT2D eigenvalue weighted by molar-refractivity contribution is 7.07. The Morgan fingerprint density at radius 2 is 1.97 bits per heavy atom. The van der Waals surface area contributed by atoms with Gasteiger partial charge >= 0.3 is 12.6 Å². The van der Waals surface area contributed by atoms with Crippen molar-refractivity contribution < 1.29 is 32.5 Å². The molecule has 0 unspecified atom stereocenters. The molecule has 0 bridgehead atoms. The second kappa shape index (κ2) is 9.57. The topological polar surface area (TPSA) is 88.4 Å². The fourth-order valence-electron chi connectivity index (χ4n) is 4.09. The Bertz CT molecular complexity index is 1540. The zero-order chi connectivity index (χ0) is 25.4. The molecule has 186 valence electrons. The summed E-state index contributed by atoms with van der Waals surface area (Å²) in [6, 6.07) is 10.4. The predicted octanol–water partition coefficient (Wildman–Crippen LogP) is 3.13. The number of nitrogens with zero attached hydrogens (tertiary/aromatic N) is 2. The maximum absolute atomic E-state index is 13.6. The van der Waals surface area contributed by atoms with Crippen LogP contribution in [0.2, 0.25) is 0 Å². The minimum absolute atomic E-state index is 0.0149. The van der Waals surface area contributed by atoms with Crippen LogP contribution in [-0.4, -0.2) is 30.5 Å². The molecule has 2 aliphatic rings. The molecule has 3 aromatic rings. The van der Waals surface area contributed by atoms with Gasteiger partial charge in [0.25, 0.3) is 5.56 Å². The maximum atomic E-state index is 13.6. The molecule has 11 heteroatoms. The second-order valence-electron chi connectivity index (χ2n) is 7.86. The van der Waals surface area contributed by atoms with Gasteiger partial charge in [-0.1, -0.05) is 29.5 Å². The third-order valence-corrected chi connectivity index (χ3v) is 6.62. The van der Waals surface area contributed by atoms with Gasteiger partial charge in [0.05, 0.1) is 28.5 Å². The number of hydrogen-bond donors (Lipinski definition) is 0. The molecule has 2 aromatic carbocycles. The van der Waals surface area contributed by atoms with Gasteiger partial charge in [-0.15, -0.1) is 0 Å². The summed E-state index contributed by atoms with van der Waals surface area (Å²) < 4.78 is 47.3. The van der Waals surface area contributed by atoms with Gasteiger partial charge in [0.2, 0.25) is 6.79 Å². The average Bonchev–Trinajstić information content (AvgIpc) is 3.43. The summed E-state index contributed by atoms with van der Waals surface area (Å²) in [5.74, 6) is 0.536. The quantitative estimate of drug-likeness (QED) is 0.470. The number of rotatable bonds is 6. The third-order valence-electron chi connectivity index (χ3n) is 5.63. The van der Waals surface area contributed by atoms with Gasteiger partial charge in [-0.2, -0.15) is 8.78 Å². The number of fused-ring (bicyclic) bond motifs is 2. The maximum Gasteiger partial charge on any atom is 0.387 e. The number of alkyl halides is 2. The number of carbonyl (C=O) groups excluding carboxylic acids is 1. The molecule has 36 heavy (non-hydrogen) atoms. The Balaban J connectivity index is 1.64. The van der Waals surface area contributed by atoms with Crippen LogP contribution in [-0.2, 0) is 9.53 Å². The van der Waals surface area contributed by atoms with Crippen molar-refractivity contribution in [3.63, 3.8) is 0 Å². The van der Waals surface area contributed by atoms with E-state index in [4.69, 9.17) is 14.2 Å². The van der Waals surface area contributed by atoms with E-state index in [9.17, 15) is 18.4 Å². The van der Waals surface area contributed by atoms with Gasteiger partial charge in [0, 0.05) is 0 Å². The lowest BCUT2D eigenvalue weighted by molar-refractivity contribution is -0.139. The smallest absolute Gasteiger partial charge is 0.387 e. The van der Waals surface area contributed by atoms with E-state index in [1.165, 1.54) is 16.7 Å². The van der Waals surface area contributed by atoms with Crippen LogP contribution in [0.4, 0.5) is 8.78 Å². The van der Waals surface area contributed by atoms with E-state index in [2.05, 4.69) is 9.73 Å². The number of aromatic nitrogens is 1. The molecule has 0 saturated carbocycles. The highest BCUT2D eigenvalue weighted by Crippen LogP contribution is 2.38. The molecule has 0 radical (unpaired) electrons. The van der Waals surface area contributed by atoms with Crippen LogP contribution in [0.3, 0.4) is 0 Å². The van der Waals surface area contributed by atoms with Crippen molar-refractivity contribution in [3.05, 3.63) is 84.5 Å². The van der Waals surface area contributed by atoms with Gasteiger partial charge in [0.15, 0.2) is 16.3 Å². The van der Waals surface area contributed by atoms with Gasteiger partial charge < -0.3 is 18.9 Å². The van der Waals surface area contributed by atoms with Gasteiger partial charge in [0.1, 0.15) is 5.75 Å². The van der Waals surface area contributed by atoms with Crippen LogP contribution in [0.1, 0.15) is 31.0 Å². The molecule has 0 spiro atoms. The van der Waals surface area contributed by atoms with Crippen molar-refractivity contribution >= 4 is 23.4 Å². The van der Waals surface area contributed by atoms with Crippen molar-refractivity contribution in [2.24, 2.45) is 4.99 Å². The van der Waals surface area contributed by atoms with E-state index >= 15 is 0 Å². The first-order valence-electron chi connectivity index (χ1n) is 11.0. The lowest BCUT2D eigenvalue weighted by Crippen LogP contribution is -2.39. The highest BCUT2D eigenvalue weighted by atomic mass is 32.1. The van der Waals surface area contributed by atoms with E-state index in [1.807, 2.05) is 0 Å². The third kappa shape index (κ3) is 4.37. The summed E-state index contributed by atoms with van der Waals surface area (Å²) in [4.78, 5) is 31.5. The van der Waals surface area contributed by atoms with E-state index in [0.29, 0.717) is 37.7 Å². The number of halogens is 2. The largest absolute Gasteiger partial charge is 0.463 e. The Hall–Kier alpha value is -3.99. The molecule has 8 nitrogen and oxygen atoms in total. The Labute approximate surface area is 207 Å². The number of carbonyl (C=O) groups is 1. The number of allylic oxidation sites excluding steroid dienone is 1.